The fourth-order valence-electron chi connectivity index (χ4n) is 4.38. The number of ether oxygens (including phenoxy) is 2. The minimum absolute atomic E-state index is 0.00279. The molecule has 0 radical (unpaired) electrons. The van der Waals surface area contributed by atoms with Crippen molar-refractivity contribution in [1.82, 2.24) is 4.90 Å². The van der Waals surface area contributed by atoms with Gasteiger partial charge in [0.05, 0.1) is 13.2 Å². The van der Waals surface area contributed by atoms with Crippen LogP contribution in [0.4, 0.5) is 10.5 Å². The summed E-state index contributed by atoms with van der Waals surface area (Å²) in [6.45, 7) is 6.06. The monoisotopic (exact) mass is 488 g/mol. The van der Waals surface area contributed by atoms with Gasteiger partial charge in [0, 0.05) is 43.5 Å². The zero-order valence-electron chi connectivity index (χ0n) is 19.9. The highest BCUT2D eigenvalue weighted by molar-refractivity contribution is 7.87. The number of carbonyl (C=O) groups excluding carboxylic acids is 1. The van der Waals surface area contributed by atoms with Gasteiger partial charge in [-0.15, -0.1) is 0 Å². The number of urea groups is 1. The van der Waals surface area contributed by atoms with Gasteiger partial charge in [-0.1, -0.05) is 13.8 Å². The van der Waals surface area contributed by atoms with E-state index in [2.05, 4.69) is 13.8 Å². The van der Waals surface area contributed by atoms with Gasteiger partial charge in [-0.2, -0.15) is 8.42 Å². The number of nitrogens with zero attached hydrogens (tertiary/aromatic N) is 2. The Hall–Kier alpha value is -2.94. The number of anilines is 1. The van der Waals surface area contributed by atoms with Crippen molar-refractivity contribution in [3.63, 3.8) is 0 Å². The Morgan fingerprint density at radius 1 is 0.971 bits per heavy atom. The Labute approximate surface area is 201 Å². The molecular formula is C25H32N2O6S. The van der Waals surface area contributed by atoms with E-state index in [4.69, 9.17) is 13.7 Å². The standard InChI is InChI=1S/C25H32N2O6S/c1-18(2)17-26-12-13-27(25(26)28)19-8-10-24(11-9-19)34(29,30)33-23-15-21(31-3)14-22(16-23)32-20-6-4-5-7-20/h8-11,14-16,18,20H,4-7,12-13,17H2,1-3H3. The van der Waals surface area contributed by atoms with Gasteiger partial charge in [0.25, 0.3) is 0 Å². The smallest absolute Gasteiger partial charge is 0.339 e. The molecule has 1 saturated carbocycles. The van der Waals surface area contributed by atoms with Crippen molar-refractivity contribution in [2.24, 2.45) is 5.92 Å². The topological polar surface area (TPSA) is 85.4 Å². The lowest BCUT2D eigenvalue weighted by Crippen LogP contribution is -2.34. The van der Waals surface area contributed by atoms with Crippen molar-refractivity contribution in [3.05, 3.63) is 42.5 Å². The summed E-state index contributed by atoms with van der Waals surface area (Å²) in [5.41, 5.74) is 0.656. The summed E-state index contributed by atoms with van der Waals surface area (Å²) in [5.74, 6) is 1.48. The summed E-state index contributed by atoms with van der Waals surface area (Å²) >= 11 is 0. The van der Waals surface area contributed by atoms with Gasteiger partial charge in [0.15, 0.2) is 0 Å². The molecule has 0 spiro atoms. The van der Waals surface area contributed by atoms with Crippen LogP contribution >= 0.6 is 0 Å². The van der Waals surface area contributed by atoms with Crippen LogP contribution in [0, 0.1) is 5.92 Å². The third kappa shape index (κ3) is 5.58. The van der Waals surface area contributed by atoms with Crippen LogP contribution in [0.3, 0.4) is 0 Å². The zero-order valence-corrected chi connectivity index (χ0v) is 20.7. The first-order valence-electron chi connectivity index (χ1n) is 11.7. The van der Waals surface area contributed by atoms with E-state index >= 15 is 0 Å². The van der Waals surface area contributed by atoms with Gasteiger partial charge >= 0.3 is 16.1 Å². The number of hydrogen-bond acceptors (Lipinski definition) is 6. The predicted octanol–water partition coefficient (Wildman–Crippen LogP) is 4.68. The normalized spacial score (nSPS) is 17.0. The van der Waals surface area contributed by atoms with E-state index < -0.39 is 10.1 Å². The molecule has 1 heterocycles. The van der Waals surface area contributed by atoms with E-state index in [1.54, 1.807) is 29.2 Å². The lowest BCUT2D eigenvalue weighted by atomic mass is 10.2. The maximum absolute atomic E-state index is 12.9. The molecule has 9 heteroatoms. The second-order valence-electron chi connectivity index (χ2n) is 9.17. The Kier molecular flexibility index (Phi) is 7.21. The van der Waals surface area contributed by atoms with E-state index in [9.17, 15) is 13.2 Å². The molecule has 184 valence electrons. The van der Waals surface area contributed by atoms with Gasteiger partial charge in [-0.3, -0.25) is 4.90 Å². The van der Waals surface area contributed by atoms with Crippen molar-refractivity contribution >= 4 is 21.8 Å². The van der Waals surface area contributed by atoms with Crippen LogP contribution in [-0.4, -0.2) is 52.2 Å². The molecule has 0 unspecified atom stereocenters. The minimum Gasteiger partial charge on any atom is -0.496 e. The molecule has 34 heavy (non-hydrogen) atoms. The molecule has 1 aliphatic carbocycles. The van der Waals surface area contributed by atoms with Crippen LogP contribution in [0.2, 0.25) is 0 Å². The number of carbonyl (C=O) groups is 1. The number of benzene rings is 2. The van der Waals surface area contributed by atoms with E-state index in [-0.39, 0.29) is 22.8 Å². The average Bonchev–Trinajstić information content (AvgIpc) is 3.43. The second-order valence-corrected chi connectivity index (χ2v) is 10.7. The third-order valence-electron chi connectivity index (χ3n) is 6.02. The molecule has 4 rings (SSSR count). The molecule has 2 amide bonds. The van der Waals surface area contributed by atoms with E-state index in [0.29, 0.717) is 42.7 Å². The number of hydrogen-bond donors (Lipinski definition) is 0. The molecule has 0 atom stereocenters. The summed E-state index contributed by atoms with van der Waals surface area (Å²) in [6.07, 6.45) is 4.33. The average molecular weight is 489 g/mol. The molecule has 2 fully saturated rings. The summed E-state index contributed by atoms with van der Waals surface area (Å²) in [4.78, 5) is 16.1. The van der Waals surface area contributed by atoms with Gasteiger partial charge in [-0.25, -0.2) is 4.79 Å². The molecule has 2 aromatic rings. The largest absolute Gasteiger partial charge is 0.496 e. The summed E-state index contributed by atoms with van der Waals surface area (Å²) in [7, 11) is -2.58. The van der Waals surface area contributed by atoms with Crippen LogP contribution in [0.1, 0.15) is 39.5 Å². The first-order chi connectivity index (χ1) is 16.2. The Balaban J connectivity index is 1.48. The van der Waals surface area contributed by atoms with E-state index in [0.717, 1.165) is 25.7 Å². The van der Waals surface area contributed by atoms with Gasteiger partial charge in [-0.05, 0) is 55.9 Å². The van der Waals surface area contributed by atoms with Crippen molar-refractivity contribution in [2.75, 3.05) is 31.6 Å². The Morgan fingerprint density at radius 3 is 2.26 bits per heavy atom. The Morgan fingerprint density at radius 2 is 1.62 bits per heavy atom. The number of amides is 2. The molecule has 8 nitrogen and oxygen atoms in total. The number of rotatable bonds is 9. The highest BCUT2D eigenvalue weighted by Crippen LogP contribution is 2.33. The van der Waals surface area contributed by atoms with Crippen LogP contribution in [0.15, 0.2) is 47.4 Å². The predicted molar refractivity (Wildman–Crippen MR) is 129 cm³/mol. The molecule has 2 aromatic carbocycles. The minimum atomic E-state index is -4.09. The summed E-state index contributed by atoms with van der Waals surface area (Å²) < 4.78 is 42.6. The molecule has 1 aliphatic heterocycles. The second kappa shape index (κ2) is 10.1. The maximum atomic E-state index is 12.9. The summed E-state index contributed by atoms with van der Waals surface area (Å²) in [6, 6.07) is 10.9. The first-order valence-corrected chi connectivity index (χ1v) is 13.1. The zero-order chi connectivity index (χ0) is 24.3. The molecule has 0 aromatic heterocycles. The van der Waals surface area contributed by atoms with Crippen LogP contribution in [0.5, 0.6) is 17.2 Å². The lowest BCUT2D eigenvalue weighted by molar-refractivity contribution is 0.208. The van der Waals surface area contributed by atoms with E-state index in [1.807, 2.05) is 4.90 Å². The highest BCUT2D eigenvalue weighted by Gasteiger charge is 2.30. The molecular weight excluding hydrogens is 456 g/mol. The third-order valence-corrected chi connectivity index (χ3v) is 7.28. The SMILES string of the molecule is COc1cc(OC2CCCC2)cc(OS(=O)(=O)c2ccc(N3CCN(CC(C)C)C3=O)cc2)c1. The fourth-order valence-corrected chi connectivity index (χ4v) is 5.29. The van der Waals surface area contributed by atoms with Crippen LogP contribution in [-0.2, 0) is 10.1 Å². The maximum Gasteiger partial charge on any atom is 0.339 e. The van der Waals surface area contributed by atoms with Crippen molar-refractivity contribution in [1.29, 1.82) is 0 Å². The van der Waals surface area contributed by atoms with Crippen LogP contribution in [0.25, 0.3) is 0 Å². The highest BCUT2D eigenvalue weighted by atomic mass is 32.2. The quantitative estimate of drug-likeness (QED) is 0.477. The van der Waals surface area contributed by atoms with Gasteiger partial charge in [0.1, 0.15) is 22.1 Å². The van der Waals surface area contributed by atoms with Crippen molar-refractivity contribution < 1.29 is 26.9 Å². The Bertz CT molecular complexity index is 1110. The summed E-state index contributed by atoms with van der Waals surface area (Å²) in [5, 5.41) is 0. The van der Waals surface area contributed by atoms with Crippen molar-refractivity contribution in [2.45, 2.75) is 50.5 Å². The first kappa shape index (κ1) is 24.2. The van der Waals surface area contributed by atoms with Gasteiger partial charge < -0.3 is 18.6 Å². The van der Waals surface area contributed by atoms with E-state index in [1.165, 1.54) is 25.3 Å². The molecule has 2 aliphatic rings. The van der Waals surface area contributed by atoms with Gasteiger partial charge in [0.2, 0.25) is 0 Å². The van der Waals surface area contributed by atoms with Crippen LogP contribution < -0.4 is 18.6 Å². The van der Waals surface area contributed by atoms with Crippen molar-refractivity contribution in [3.8, 4) is 17.2 Å². The fraction of sp³-hybridized carbons (Fsp3) is 0.480. The number of methoxy groups -OCH3 is 1. The molecule has 0 N–H and O–H groups in total. The lowest BCUT2D eigenvalue weighted by Gasteiger charge is -2.20. The molecule has 1 saturated heterocycles. The molecule has 0 bridgehead atoms.